The van der Waals surface area contributed by atoms with E-state index in [1.807, 2.05) is 30.3 Å². The standard InChI is InChI=1S/C25H21ClN2O5/c26-18-5-4-6-20(14-18)28-15-17(13-24(28)30)25(31)32-16-23(29)27-19-9-11-22(12-10-19)33-21-7-2-1-3-8-21/h1-12,14,17H,13,15-16H2,(H,27,29)/t17-/m1/s1. The molecule has 0 unspecified atom stereocenters. The molecule has 1 N–H and O–H groups in total. The van der Waals surface area contributed by atoms with Gasteiger partial charge >= 0.3 is 5.97 Å². The van der Waals surface area contributed by atoms with E-state index in [-0.39, 0.29) is 18.9 Å². The number of nitrogens with zero attached hydrogens (tertiary/aromatic N) is 1. The van der Waals surface area contributed by atoms with E-state index in [2.05, 4.69) is 5.32 Å². The van der Waals surface area contributed by atoms with Gasteiger partial charge in [0, 0.05) is 29.4 Å². The van der Waals surface area contributed by atoms with Crippen LogP contribution in [-0.2, 0) is 19.1 Å². The van der Waals surface area contributed by atoms with Crippen LogP contribution in [0.4, 0.5) is 11.4 Å². The Hall–Kier alpha value is -3.84. The van der Waals surface area contributed by atoms with Crippen LogP contribution >= 0.6 is 11.6 Å². The second-order valence-corrected chi connectivity index (χ2v) is 7.92. The van der Waals surface area contributed by atoms with E-state index in [9.17, 15) is 14.4 Å². The summed E-state index contributed by atoms with van der Waals surface area (Å²) in [6.07, 6.45) is 0.0237. The molecule has 3 aromatic rings. The maximum Gasteiger partial charge on any atom is 0.311 e. The predicted octanol–water partition coefficient (Wildman–Crippen LogP) is 4.67. The normalized spacial score (nSPS) is 15.2. The van der Waals surface area contributed by atoms with Gasteiger partial charge in [0.05, 0.1) is 5.92 Å². The highest BCUT2D eigenvalue weighted by Gasteiger charge is 2.36. The van der Waals surface area contributed by atoms with Gasteiger partial charge in [0.25, 0.3) is 5.91 Å². The molecule has 1 aliphatic heterocycles. The first kappa shape index (κ1) is 22.4. The maximum absolute atomic E-state index is 12.4. The molecular formula is C25H21ClN2O5. The molecule has 1 atom stereocenters. The van der Waals surface area contributed by atoms with Gasteiger partial charge in [-0.1, -0.05) is 35.9 Å². The van der Waals surface area contributed by atoms with Gasteiger partial charge in [-0.15, -0.1) is 0 Å². The van der Waals surface area contributed by atoms with Crippen molar-refractivity contribution in [2.24, 2.45) is 5.92 Å². The maximum atomic E-state index is 12.4. The average molecular weight is 465 g/mol. The van der Waals surface area contributed by atoms with Gasteiger partial charge < -0.3 is 19.7 Å². The Morgan fingerprint density at radius 3 is 2.42 bits per heavy atom. The zero-order chi connectivity index (χ0) is 23.2. The van der Waals surface area contributed by atoms with E-state index in [0.29, 0.717) is 27.9 Å². The van der Waals surface area contributed by atoms with Crippen LogP contribution in [0.25, 0.3) is 0 Å². The number of carbonyl (C=O) groups excluding carboxylic acids is 3. The number of nitrogens with one attached hydrogen (secondary N) is 1. The average Bonchev–Trinajstić information content (AvgIpc) is 3.21. The number of amides is 2. The molecule has 3 aromatic carbocycles. The van der Waals surface area contributed by atoms with Crippen molar-refractivity contribution in [3.63, 3.8) is 0 Å². The first-order valence-electron chi connectivity index (χ1n) is 10.3. The van der Waals surface area contributed by atoms with Crippen molar-refractivity contribution in [2.75, 3.05) is 23.4 Å². The van der Waals surface area contributed by atoms with E-state index >= 15 is 0 Å². The number of benzene rings is 3. The number of hydrogen-bond acceptors (Lipinski definition) is 5. The van der Waals surface area contributed by atoms with Crippen LogP contribution < -0.4 is 15.0 Å². The molecule has 1 heterocycles. The van der Waals surface area contributed by atoms with Crippen LogP contribution in [0.1, 0.15) is 6.42 Å². The highest BCUT2D eigenvalue weighted by molar-refractivity contribution is 6.31. The summed E-state index contributed by atoms with van der Waals surface area (Å²) in [7, 11) is 0. The van der Waals surface area contributed by atoms with Crippen molar-refractivity contribution in [1.82, 2.24) is 0 Å². The molecule has 0 radical (unpaired) electrons. The van der Waals surface area contributed by atoms with E-state index in [1.54, 1.807) is 48.5 Å². The summed E-state index contributed by atoms with van der Waals surface area (Å²) in [5.74, 6) is -0.563. The van der Waals surface area contributed by atoms with Crippen molar-refractivity contribution in [3.05, 3.63) is 83.9 Å². The number of halogens is 1. The largest absolute Gasteiger partial charge is 0.457 e. The predicted molar refractivity (Wildman–Crippen MR) is 124 cm³/mol. The van der Waals surface area contributed by atoms with Gasteiger partial charge in [0.15, 0.2) is 6.61 Å². The van der Waals surface area contributed by atoms with Gasteiger partial charge in [-0.3, -0.25) is 14.4 Å². The van der Waals surface area contributed by atoms with Crippen molar-refractivity contribution in [2.45, 2.75) is 6.42 Å². The second-order valence-electron chi connectivity index (χ2n) is 7.48. The van der Waals surface area contributed by atoms with Gasteiger partial charge in [0.2, 0.25) is 5.91 Å². The van der Waals surface area contributed by atoms with Gasteiger partial charge in [-0.25, -0.2) is 0 Å². The Bertz CT molecular complexity index is 1150. The van der Waals surface area contributed by atoms with Crippen molar-refractivity contribution in [1.29, 1.82) is 0 Å². The van der Waals surface area contributed by atoms with E-state index < -0.39 is 24.4 Å². The highest BCUT2D eigenvalue weighted by atomic mass is 35.5. The first-order chi connectivity index (χ1) is 16.0. The molecule has 7 nitrogen and oxygen atoms in total. The third-order valence-corrected chi connectivity index (χ3v) is 5.28. The minimum Gasteiger partial charge on any atom is -0.457 e. The molecule has 2 amide bonds. The fourth-order valence-electron chi connectivity index (χ4n) is 3.44. The van der Waals surface area contributed by atoms with Crippen molar-refractivity contribution < 1.29 is 23.9 Å². The molecule has 0 aliphatic carbocycles. The molecule has 1 saturated heterocycles. The quantitative estimate of drug-likeness (QED) is 0.514. The minimum atomic E-state index is -0.640. The molecule has 0 aromatic heterocycles. The fourth-order valence-corrected chi connectivity index (χ4v) is 3.63. The Morgan fingerprint density at radius 1 is 0.970 bits per heavy atom. The molecule has 1 fully saturated rings. The molecule has 0 bridgehead atoms. The van der Waals surface area contributed by atoms with E-state index in [4.69, 9.17) is 21.1 Å². The van der Waals surface area contributed by atoms with Crippen LogP contribution in [0.5, 0.6) is 11.5 Å². The lowest BCUT2D eigenvalue weighted by Crippen LogP contribution is -2.28. The summed E-state index contributed by atoms with van der Waals surface area (Å²) in [6, 6.07) is 23.0. The smallest absolute Gasteiger partial charge is 0.311 e. The number of rotatable bonds is 7. The molecule has 0 saturated carbocycles. The van der Waals surface area contributed by atoms with E-state index in [0.717, 1.165) is 0 Å². The fraction of sp³-hybridized carbons (Fsp3) is 0.160. The third kappa shape index (κ3) is 5.90. The van der Waals surface area contributed by atoms with E-state index in [1.165, 1.54) is 4.90 Å². The van der Waals surface area contributed by atoms with Crippen LogP contribution in [0.15, 0.2) is 78.9 Å². The number of ether oxygens (including phenoxy) is 2. The molecule has 0 spiro atoms. The zero-order valence-electron chi connectivity index (χ0n) is 17.6. The molecule has 168 valence electrons. The lowest BCUT2D eigenvalue weighted by atomic mass is 10.1. The summed E-state index contributed by atoms with van der Waals surface area (Å²) in [4.78, 5) is 38.4. The van der Waals surface area contributed by atoms with Crippen molar-refractivity contribution >= 4 is 40.8 Å². The highest BCUT2D eigenvalue weighted by Crippen LogP contribution is 2.28. The monoisotopic (exact) mass is 464 g/mol. The second kappa shape index (κ2) is 10.2. The summed E-state index contributed by atoms with van der Waals surface area (Å²) >= 11 is 5.98. The number of esters is 1. The van der Waals surface area contributed by atoms with Gasteiger partial charge in [-0.05, 0) is 54.6 Å². The van der Waals surface area contributed by atoms with Crippen LogP contribution in [0.2, 0.25) is 5.02 Å². The Morgan fingerprint density at radius 2 is 1.70 bits per heavy atom. The Kier molecular flexibility index (Phi) is 6.90. The van der Waals surface area contributed by atoms with Crippen LogP contribution in [0.3, 0.4) is 0 Å². The number of hydrogen-bond donors (Lipinski definition) is 1. The third-order valence-electron chi connectivity index (χ3n) is 5.04. The summed E-state index contributed by atoms with van der Waals surface area (Å²) in [5, 5.41) is 3.17. The topological polar surface area (TPSA) is 84.9 Å². The Labute approximate surface area is 195 Å². The molecule has 33 heavy (non-hydrogen) atoms. The van der Waals surface area contributed by atoms with Gasteiger partial charge in [0.1, 0.15) is 11.5 Å². The zero-order valence-corrected chi connectivity index (χ0v) is 18.3. The number of carbonyl (C=O) groups is 3. The lowest BCUT2D eigenvalue weighted by molar-refractivity contribution is -0.151. The summed E-state index contributed by atoms with van der Waals surface area (Å²) < 4.78 is 10.8. The molecule has 4 rings (SSSR count). The number of anilines is 2. The first-order valence-corrected chi connectivity index (χ1v) is 10.7. The summed E-state index contributed by atoms with van der Waals surface area (Å²) in [6.45, 7) is -0.258. The Balaban J connectivity index is 1.25. The van der Waals surface area contributed by atoms with Gasteiger partial charge in [-0.2, -0.15) is 0 Å². The lowest BCUT2D eigenvalue weighted by Gasteiger charge is -2.16. The SMILES string of the molecule is O=C(COC(=O)[C@@H]1CC(=O)N(c2cccc(Cl)c2)C1)Nc1ccc(Oc2ccccc2)cc1. The van der Waals surface area contributed by atoms with Crippen molar-refractivity contribution in [3.8, 4) is 11.5 Å². The minimum absolute atomic E-state index is 0.0237. The molecule has 1 aliphatic rings. The van der Waals surface area contributed by atoms with Crippen LogP contribution in [-0.4, -0.2) is 30.9 Å². The molecular weight excluding hydrogens is 444 g/mol. The van der Waals surface area contributed by atoms with Crippen LogP contribution in [0, 0.1) is 5.92 Å². The number of para-hydroxylation sites is 1. The summed E-state index contributed by atoms with van der Waals surface area (Å²) in [5.41, 5.74) is 1.17. The molecule has 8 heteroatoms.